The predicted octanol–water partition coefficient (Wildman–Crippen LogP) is 2.39. The van der Waals surface area contributed by atoms with Crippen LogP contribution in [0.5, 0.6) is 0 Å². The number of hydrogen-bond donors (Lipinski definition) is 0. The molecule has 72 valence electrons. The molecule has 0 spiro atoms. The molecule has 1 aliphatic carbocycles. The van der Waals surface area contributed by atoms with Gasteiger partial charge >= 0.3 is 0 Å². The van der Waals surface area contributed by atoms with Crippen LogP contribution in [0.2, 0.25) is 0 Å². The van der Waals surface area contributed by atoms with Gasteiger partial charge in [-0.1, -0.05) is 0 Å². The molecule has 1 aromatic heterocycles. The number of halogens is 1. The monoisotopic (exact) mass is 236 g/mol. The standard InChI is InChI=1S/C8H9ClO2S2/c9-13(10,11)8(2-3-8)5-7-1-4-12-6-7/h1,4,6H,2-3,5H2. The van der Waals surface area contributed by atoms with Crippen molar-refractivity contribution in [2.45, 2.75) is 24.0 Å². The summed E-state index contributed by atoms with van der Waals surface area (Å²) in [6, 6.07) is 1.95. The van der Waals surface area contributed by atoms with Crippen LogP contribution < -0.4 is 0 Å². The van der Waals surface area contributed by atoms with E-state index in [0.717, 1.165) is 5.56 Å². The Morgan fingerprint density at radius 3 is 2.62 bits per heavy atom. The van der Waals surface area contributed by atoms with Crippen LogP contribution in [0.25, 0.3) is 0 Å². The molecule has 2 rings (SSSR count). The van der Waals surface area contributed by atoms with E-state index in [2.05, 4.69) is 0 Å². The summed E-state index contributed by atoms with van der Waals surface area (Å²) in [5, 5.41) is 3.93. The lowest BCUT2D eigenvalue weighted by atomic mass is 10.2. The Balaban J connectivity index is 2.20. The normalized spacial score (nSPS) is 20.1. The summed E-state index contributed by atoms with van der Waals surface area (Å²) < 4.78 is 21.8. The fourth-order valence-electron chi connectivity index (χ4n) is 1.41. The second-order valence-electron chi connectivity index (χ2n) is 3.43. The third-order valence-corrected chi connectivity index (χ3v) is 5.73. The molecule has 13 heavy (non-hydrogen) atoms. The molecule has 0 N–H and O–H groups in total. The molecular weight excluding hydrogens is 228 g/mol. The lowest BCUT2D eigenvalue weighted by Crippen LogP contribution is -2.20. The highest BCUT2D eigenvalue weighted by Gasteiger charge is 2.53. The smallest absolute Gasteiger partial charge is 0.212 e. The molecule has 1 saturated carbocycles. The van der Waals surface area contributed by atoms with Crippen LogP contribution in [0.3, 0.4) is 0 Å². The first kappa shape index (κ1) is 9.49. The van der Waals surface area contributed by atoms with Crippen molar-refractivity contribution in [3.8, 4) is 0 Å². The second-order valence-corrected chi connectivity index (χ2v) is 7.17. The number of thiophene rings is 1. The lowest BCUT2D eigenvalue weighted by molar-refractivity contribution is 0.590. The maximum absolute atomic E-state index is 11.2. The first-order valence-corrected chi connectivity index (χ1v) is 7.24. The molecule has 0 amide bonds. The van der Waals surface area contributed by atoms with Crippen molar-refractivity contribution >= 4 is 31.1 Å². The van der Waals surface area contributed by atoms with E-state index in [9.17, 15) is 8.42 Å². The van der Waals surface area contributed by atoms with Crippen LogP contribution in [0.15, 0.2) is 16.8 Å². The van der Waals surface area contributed by atoms with Gasteiger partial charge in [0.2, 0.25) is 9.05 Å². The summed E-state index contributed by atoms with van der Waals surface area (Å²) in [5.74, 6) is 0. The van der Waals surface area contributed by atoms with Crippen LogP contribution >= 0.6 is 22.0 Å². The molecule has 1 aromatic rings. The van der Waals surface area contributed by atoms with Gasteiger partial charge in [0, 0.05) is 10.7 Å². The summed E-state index contributed by atoms with van der Waals surface area (Å²) in [6.45, 7) is 0. The Bertz CT molecular complexity index is 390. The maximum Gasteiger partial charge on any atom is 0.238 e. The van der Waals surface area contributed by atoms with Crippen LogP contribution in [-0.4, -0.2) is 13.2 Å². The average molecular weight is 237 g/mol. The molecule has 0 saturated heterocycles. The van der Waals surface area contributed by atoms with E-state index in [4.69, 9.17) is 10.7 Å². The van der Waals surface area contributed by atoms with Crippen molar-refractivity contribution in [1.29, 1.82) is 0 Å². The Morgan fingerprint density at radius 1 is 1.54 bits per heavy atom. The topological polar surface area (TPSA) is 34.1 Å². The van der Waals surface area contributed by atoms with E-state index in [1.807, 2.05) is 16.8 Å². The van der Waals surface area contributed by atoms with Gasteiger partial charge in [0.15, 0.2) is 0 Å². The maximum atomic E-state index is 11.2. The number of rotatable bonds is 3. The van der Waals surface area contributed by atoms with E-state index in [0.29, 0.717) is 19.3 Å². The first-order chi connectivity index (χ1) is 6.04. The SMILES string of the molecule is O=S(=O)(Cl)C1(Cc2ccsc2)CC1. The minimum absolute atomic E-state index is 0.572. The molecule has 0 atom stereocenters. The van der Waals surface area contributed by atoms with Crippen LogP contribution in [0.1, 0.15) is 18.4 Å². The lowest BCUT2D eigenvalue weighted by Gasteiger charge is -2.08. The summed E-state index contributed by atoms with van der Waals surface area (Å²) in [7, 11) is 1.99. The minimum atomic E-state index is -3.39. The van der Waals surface area contributed by atoms with E-state index in [-0.39, 0.29) is 0 Å². The highest BCUT2D eigenvalue weighted by atomic mass is 35.7. The third-order valence-electron chi connectivity index (χ3n) is 2.43. The van der Waals surface area contributed by atoms with Gasteiger partial charge in [0.05, 0.1) is 4.75 Å². The fraction of sp³-hybridized carbons (Fsp3) is 0.500. The molecule has 0 aliphatic heterocycles. The van der Waals surface area contributed by atoms with Crippen LogP contribution in [-0.2, 0) is 15.5 Å². The van der Waals surface area contributed by atoms with Crippen molar-refractivity contribution in [2.75, 3.05) is 0 Å². The molecule has 0 radical (unpaired) electrons. The van der Waals surface area contributed by atoms with Gasteiger partial charge in [-0.05, 0) is 41.7 Å². The summed E-state index contributed by atoms with van der Waals surface area (Å²) in [5.41, 5.74) is 1.08. The van der Waals surface area contributed by atoms with Gasteiger partial charge in [-0.15, -0.1) is 0 Å². The van der Waals surface area contributed by atoms with E-state index in [1.165, 1.54) is 0 Å². The van der Waals surface area contributed by atoms with Gasteiger partial charge in [-0.25, -0.2) is 8.42 Å². The van der Waals surface area contributed by atoms with E-state index >= 15 is 0 Å². The Labute approximate surface area is 86.0 Å². The molecule has 2 nitrogen and oxygen atoms in total. The third kappa shape index (κ3) is 1.75. The molecule has 0 unspecified atom stereocenters. The molecule has 1 fully saturated rings. The number of hydrogen-bond acceptors (Lipinski definition) is 3. The molecule has 0 bridgehead atoms. The highest BCUT2D eigenvalue weighted by molar-refractivity contribution is 8.15. The van der Waals surface area contributed by atoms with Gasteiger partial charge in [0.25, 0.3) is 0 Å². The summed E-state index contributed by atoms with van der Waals surface area (Å²) in [6.07, 6.45) is 1.98. The molecule has 0 aromatic carbocycles. The predicted molar refractivity (Wildman–Crippen MR) is 54.8 cm³/mol. The zero-order valence-corrected chi connectivity index (χ0v) is 9.25. The molecule has 1 heterocycles. The van der Waals surface area contributed by atoms with Crippen molar-refractivity contribution in [2.24, 2.45) is 0 Å². The summed E-state index contributed by atoms with van der Waals surface area (Å²) >= 11 is 1.58. The fourth-order valence-corrected chi connectivity index (χ4v) is 3.64. The quantitative estimate of drug-likeness (QED) is 0.756. The summed E-state index contributed by atoms with van der Waals surface area (Å²) in [4.78, 5) is 0. The van der Waals surface area contributed by atoms with Crippen molar-refractivity contribution < 1.29 is 8.42 Å². The van der Waals surface area contributed by atoms with Crippen LogP contribution in [0.4, 0.5) is 0 Å². The zero-order chi connectivity index (χ0) is 9.53. The van der Waals surface area contributed by atoms with E-state index in [1.54, 1.807) is 11.3 Å². The first-order valence-electron chi connectivity index (χ1n) is 3.99. The Hall–Kier alpha value is -0.0600. The minimum Gasteiger partial charge on any atom is -0.212 e. The van der Waals surface area contributed by atoms with Gasteiger partial charge in [0.1, 0.15) is 0 Å². The Morgan fingerprint density at radius 2 is 2.23 bits per heavy atom. The van der Waals surface area contributed by atoms with Gasteiger partial charge < -0.3 is 0 Å². The average Bonchev–Trinajstić information content (AvgIpc) is 2.59. The largest absolute Gasteiger partial charge is 0.238 e. The van der Waals surface area contributed by atoms with Gasteiger partial charge in [-0.2, -0.15) is 11.3 Å². The van der Waals surface area contributed by atoms with Crippen molar-refractivity contribution in [3.63, 3.8) is 0 Å². The second kappa shape index (κ2) is 2.97. The molecule has 5 heteroatoms. The van der Waals surface area contributed by atoms with Crippen molar-refractivity contribution in [3.05, 3.63) is 22.4 Å². The molecule has 1 aliphatic rings. The zero-order valence-electron chi connectivity index (χ0n) is 6.86. The molecular formula is C8H9ClO2S2. The Kier molecular flexibility index (Phi) is 2.17. The van der Waals surface area contributed by atoms with Gasteiger partial charge in [-0.3, -0.25) is 0 Å². The highest BCUT2D eigenvalue weighted by Crippen LogP contribution is 2.48. The van der Waals surface area contributed by atoms with Crippen LogP contribution in [0, 0.1) is 0 Å². The van der Waals surface area contributed by atoms with E-state index < -0.39 is 13.8 Å². The van der Waals surface area contributed by atoms with Crippen molar-refractivity contribution in [1.82, 2.24) is 0 Å².